The number of anilines is 1. The number of aromatic nitrogens is 4. The molecule has 0 unspecified atom stereocenters. The minimum Gasteiger partial charge on any atom is -0.493 e. The van der Waals surface area contributed by atoms with Gasteiger partial charge in [0, 0.05) is 44.6 Å². The van der Waals surface area contributed by atoms with Crippen molar-refractivity contribution in [3.63, 3.8) is 0 Å². The van der Waals surface area contributed by atoms with E-state index in [1.165, 1.54) is 12.5 Å². The average molecular weight is 539 g/mol. The van der Waals surface area contributed by atoms with Crippen LogP contribution in [0.1, 0.15) is 37.1 Å². The van der Waals surface area contributed by atoms with Gasteiger partial charge in [-0.25, -0.2) is 19.3 Å². The van der Waals surface area contributed by atoms with Gasteiger partial charge in [0.1, 0.15) is 17.4 Å². The predicted octanol–water partition coefficient (Wildman–Crippen LogP) is 4.37. The van der Waals surface area contributed by atoms with Crippen molar-refractivity contribution < 1.29 is 13.9 Å². The Labute approximate surface area is 226 Å². The predicted molar refractivity (Wildman–Crippen MR) is 141 cm³/mol. The van der Waals surface area contributed by atoms with Crippen LogP contribution >= 0.6 is 11.6 Å². The summed E-state index contributed by atoms with van der Waals surface area (Å²) in [6.07, 6.45) is 11.5. The molecule has 3 aliphatic rings. The number of halogens is 2. The fraction of sp³-hybridized carbons (Fsp3) is 0.500. The van der Waals surface area contributed by atoms with Gasteiger partial charge in [-0.05, 0) is 55.1 Å². The number of carbonyl (C=O) groups is 1. The third-order valence-electron chi connectivity index (χ3n) is 8.23. The number of piperidine rings is 1. The van der Waals surface area contributed by atoms with Gasteiger partial charge in [-0.2, -0.15) is 0 Å². The monoisotopic (exact) mass is 538 g/mol. The van der Waals surface area contributed by atoms with E-state index in [9.17, 15) is 9.18 Å². The third kappa shape index (κ3) is 5.62. The minimum atomic E-state index is -0.393. The lowest BCUT2D eigenvalue weighted by Crippen LogP contribution is -2.39. The van der Waals surface area contributed by atoms with Crippen molar-refractivity contribution in [1.29, 1.82) is 0 Å². The maximum Gasteiger partial charge on any atom is 0.227 e. The molecule has 0 spiro atoms. The Morgan fingerprint density at radius 2 is 1.92 bits per heavy atom. The normalized spacial score (nSPS) is 21.3. The van der Waals surface area contributed by atoms with Crippen LogP contribution in [0.3, 0.4) is 0 Å². The Morgan fingerprint density at radius 3 is 2.71 bits per heavy atom. The largest absolute Gasteiger partial charge is 0.493 e. The molecule has 8 nitrogen and oxygen atoms in total. The highest BCUT2D eigenvalue weighted by Gasteiger charge is 2.43. The molecule has 0 radical (unpaired) electrons. The van der Waals surface area contributed by atoms with Crippen LogP contribution in [0, 0.1) is 23.6 Å². The number of imidazole rings is 1. The second-order valence-corrected chi connectivity index (χ2v) is 11.0. The SMILES string of the molecule is O=C(Cc1ccc(OCC[C@@H]2C[C@@H]2C2CCN(c3ncc(Cl)cn3)CC2)cc1F)N1CCn2ccnc2C1. The molecule has 2 aliphatic heterocycles. The van der Waals surface area contributed by atoms with Gasteiger partial charge < -0.3 is 19.1 Å². The number of benzene rings is 1. The van der Waals surface area contributed by atoms with Gasteiger partial charge in [-0.3, -0.25) is 4.79 Å². The Kier molecular flexibility index (Phi) is 7.19. The van der Waals surface area contributed by atoms with Crippen molar-refractivity contribution in [2.24, 2.45) is 17.8 Å². The molecule has 1 aromatic carbocycles. The van der Waals surface area contributed by atoms with E-state index in [4.69, 9.17) is 16.3 Å². The highest BCUT2D eigenvalue weighted by atomic mass is 35.5. The van der Waals surface area contributed by atoms with Gasteiger partial charge in [0.25, 0.3) is 0 Å². The van der Waals surface area contributed by atoms with E-state index < -0.39 is 5.82 Å². The van der Waals surface area contributed by atoms with Crippen molar-refractivity contribution in [2.75, 3.05) is 31.1 Å². The minimum absolute atomic E-state index is 0.0412. The summed E-state index contributed by atoms with van der Waals surface area (Å²) in [5.74, 6) is 3.84. The standard InChI is InChI=1S/C28H32ClFN6O2/c29-22-16-32-28(33-17-22)35-7-3-19(4-8-35)24-13-20(24)5-12-38-23-2-1-21(25(30)15-23)14-27(37)36-11-10-34-9-6-31-26(34)18-36/h1-2,6,9,15-17,19-20,24H,3-5,7-8,10-14,18H2/t20-,24-/m1/s1. The van der Waals surface area contributed by atoms with Crippen molar-refractivity contribution in [2.45, 2.75) is 45.2 Å². The third-order valence-corrected chi connectivity index (χ3v) is 8.43. The van der Waals surface area contributed by atoms with Crippen LogP contribution in [0.5, 0.6) is 5.75 Å². The fourth-order valence-corrected chi connectivity index (χ4v) is 6.02. The van der Waals surface area contributed by atoms with Crippen molar-refractivity contribution >= 4 is 23.5 Å². The summed E-state index contributed by atoms with van der Waals surface area (Å²) in [6, 6.07) is 4.85. The Morgan fingerprint density at radius 1 is 1.11 bits per heavy atom. The molecule has 2 aromatic heterocycles. The zero-order chi connectivity index (χ0) is 26.1. The number of hydrogen-bond acceptors (Lipinski definition) is 6. The van der Waals surface area contributed by atoms with Crippen LogP contribution in [0.25, 0.3) is 0 Å². The second kappa shape index (κ2) is 10.9. The fourth-order valence-electron chi connectivity index (χ4n) is 5.93. The lowest BCUT2D eigenvalue weighted by atomic mass is 9.90. The Balaban J connectivity index is 0.921. The van der Waals surface area contributed by atoms with E-state index in [2.05, 4.69) is 19.9 Å². The highest BCUT2D eigenvalue weighted by molar-refractivity contribution is 6.30. The van der Waals surface area contributed by atoms with Crippen molar-refractivity contribution in [1.82, 2.24) is 24.4 Å². The number of amides is 1. The summed E-state index contributed by atoms with van der Waals surface area (Å²) in [5.41, 5.74) is 0.397. The van der Waals surface area contributed by atoms with E-state index >= 15 is 0 Å². The van der Waals surface area contributed by atoms with E-state index in [0.717, 1.165) is 62.5 Å². The van der Waals surface area contributed by atoms with E-state index in [1.807, 2.05) is 10.8 Å². The number of carbonyl (C=O) groups excluding carboxylic acids is 1. The summed E-state index contributed by atoms with van der Waals surface area (Å²) in [4.78, 5) is 29.7. The van der Waals surface area contributed by atoms with Gasteiger partial charge in [0.15, 0.2) is 0 Å². The molecular formula is C28H32ClFN6O2. The van der Waals surface area contributed by atoms with E-state index in [-0.39, 0.29) is 12.3 Å². The molecule has 2 atom stereocenters. The molecule has 1 aliphatic carbocycles. The van der Waals surface area contributed by atoms with Crippen LogP contribution in [0.2, 0.25) is 5.02 Å². The molecule has 6 rings (SSSR count). The molecular weight excluding hydrogens is 507 g/mol. The number of rotatable bonds is 8. The molecule has 200 valence electrons. The molecule has 3 aromatic rings. The number of hydrogen-bond donors (Lipinski definition) is 0. The molecule has 0 bridgehead atoms. The van der Waals surface area contributed by atoms with Crippen molar-refractivity contribution in [3.8, 4) is 5.75 Å². The van der Waals surface area contributed by atoms with Crippen LogP contribution < -0.4 is 9.64 Å². The van der Waals surface area contributed by atoms with Crippen LogP contribution in [0.4, 0.5) is 10.3 Å². The summed E-state index contributed by atoms with van der Waals surface area (Å²) >= 11 is 5.90. The summed E-state index contributed by atoms with van der Waals surface area (Å²) in [5, 5.41) is 0.558. The molecule has 1 saturated heterocycles. The Hall–Kier alpha value is -3.20. The van der Waals surface area contributed by atoms with Gasteiger partial charge in [-0.1, -0.05) is 17.7 Å². The molecule has 4 heterocycles. The zero-order valence-corrected chi connectivity index (χ0v) is 22.1. The smallest absolute Gasteiger partial charge is 0.227 e. The lowest BCUT2D eigenvalue weighted by molar-refractivity contribution is -0.132. The maximum absolute atomic E-state index is 14.8. The summed E-state index contributed by atoms with van der Waals surface area (Å²) in [7, 11) is 0. The average Bonchev–Trinajstić information content (AvgIpc) is 3.55. The lowest BCUT2D eigenvalue weighted by Gasteiger charge is -2.32. The van der Waals surface area contributed by atoms with Gasteiger partial charge >= 0.3 is 0 Å². The van der Waals surface area contributed by atoms with Crippen molar-refractivity contribution in [3.05, 3.63) is 65.2 Å². The number of fused-ring (bicyclic) bond motifs is 1. The first-order valence-electron chi connectivity index (χ1n) is 13.4. The summed E-state index contributed by atoms with van der Waals surface area (Å²) in [6.45, 7) is 4.33. The first-order valence-corrected chi connectivity index (χ1v) is 13.8. The highest BCUT2D eigenvalue weighted by Crippen LogP contribution is 2.49. The van der Waals surface area contributed by atoms with Crippen LogP contribution in [-0.4, -0.2) is 56.6 Å². The molecule has 1 saturated carbocycles. The molecule has 0 N–H and O–H groups in total. The topological polar surface area (TPSA) is 76.4 Å². The molecule has 2 fully saturated rings. The van der Waals surface area contributed by atoms with Gasteiger partial charge in [0.2, 0.25) is 11.9 Å². The molecule has 1 amide bonds. The van der Waals surface area contributed by atoms with Gasteiger partial charge in [0.05, 0.1) is 37.0 Å². The maximum atomic E-state index is 14.8. The second-order valence-electron chi connectivity index (χ2n) is 10.6. The summed E-state index contributed by atoms with van der Waals surface area (Å²) < 4.78 is 22.7. The molecule has 10 heteroatoms. The Bertz CT molecular complexity index is 1280. The first kappa shape index (κ1) is 25.1. The zero-order valence-electron chi connectivity index (χ0n) is 21.3. The number of nitrogens with zero attached hydrogens (tertiary/aromatic N) is 6. The first-order chi connectivity index (χ1) is 18.5. The van der Waals surface area contributed by atoms with Crippen LogP contribution in [-0.2, 0) is 24.3 Å². The quantitative estimate of drug-likeness (QED) is 0.424. The molecule has 38 heavy (non-hydrogen) atoms. The number of ether oxygens (including phenoxy) is 1. The van der Waals surface area contributed by atoms with E-state index in [1.54, 1.807) is 35.6 Å². The van der Waals surface area contributed by atoms with E-state index in [0.29, 0.717) is 41.9 Å². The van der Waals surface area contributed by atoms with Crippen LogP contribution in [0.15, 0.2) is 43.0 Å². The van der Waals surface area contributed by atoms with Gasteiger partial charge in [-0.15, -0.1) is 0 Å².